The summed E-state index contributed by atoms with van der Waals surface area (Å²) in [7, 11) is 0. The fourth-order valence-electron chi connectivity index (χ4n) is 6.49. The van der Waals surface area contributed by atoms with Crippen molar-refractivity contribution in [2.24, 2.45) is 0 Å². The van der Waals surface area contributed by atoms with E-state index in [9.17, 15) is 28.8 Å². The van der Waals surface area contributed by atoms with Gasteiger partial charge in [-0.05, 0) is 51.3 Å². The van der Waals surface area contributed by atoms with Gasteiger partial charge in [0.1, 0.15) is 19.0 Å². The lowest BCUT2D eigenvalue weighted by Crippen LogP contribution is -2.53. The third kappa shape index (κ3) is 11.4. The Morgan fingerprint density at radius 2 is 1.62 bits per heavy atom. The van der Waals surface area contributed by atoms with Gasteiger partial charge in [0.2, 0.25) is 11.8 Å². The van der Waals surface area contributed by atoms with Crippen LogP contribution in [-0.2, 0) is 32.1 Å². The van der Waals surface area contributed by atoms with Gasteiger partial charge in [0.15, 0.2) is 5.69 Å². The molecule has 0 atom stereocenters. The van der Waals surface area contributed by atoms with Crippen molar-refractivity contribution in [2.75, 3.05) is 64.3 Å². The number of nitrogens with one attached hydrogen (secondary N) is 3. The van der Waals surface area contributed by atoms with Gasteiger partial charge < -0.3 is 29.9 Å². The maximum absolute atomic E-state index is 15.1. The van der Waals surface area contributed by atoms with Gasteiger partial charge in [-0.15, -0.1) is 0 Å². The first-order valence-corrected chi connectivity index (χ1v) is 19.8. The number of aromatic nitrogens is 3. The van der Waals surface area contributed by atoms with E-state index in [1.165, 1.54) is 40.0 Å². The van der Waals surface area contributed by atoms with Gasteiger partial charge in [0.25, 0.3) is 17.4 Å². The number of halogens is 2. The van der Waals surface area contributed by atoms with Crippen LogP contribution in [0.2, 0.25) is 0 Å². The molecule has 1 fully saturated rings. The number of pyridine rings is 1. The van der Waals surface area contributed by atoms with Crippen LogP contribution in [-0.4, -0.2) is 119 Å². The lowest BCUT2D eigenvalue weighted by atomic mass is 10.0. The summed E-state index contributed by atoms with van der Waals surface area (Å²) < 4.78 is 26.9. The lowest BCUT2D eigenvalue weighted by molar-refractivity contribution is -0.133. The molecule has 0 spiro atoms. The van der Waals surface area contributed by atoms with Crippen LogP contribution < -0.4 is 16.2 Å². The van der Waals surface area contributed by atoms with E-state index in [1.54, 1.807) is 48.5 Å². The second-order valence-corrected chi connectivity index (χ2v) is 14.7. The molecule has 16 nitrogen and oxygen atoms in total. The normalized spacial score (nSPS) is 12.5. The zero-order valence-corrected chi connectivity index (χ0v) is 34.2. The average Bonchev–Trinajstić information content (AvgIpc) is 3.25. The molecule has 3 heterocycles. The van der Waals surface area contributed by atoms with Crippen LogP contribution in [0.25, 0.3) is 10.8 Å². The molecule has 3 aromatic carbocycles. The fraction of sp³-hybridized carbons (Fsp3) is 0.286. The maximum atomic E-state index is 15.1. The summed E-state index contributed by atoms with van der Waals surface area (Å²) in [6, 6.07) is 21.9. The standard InChI is InChI=1S/C42H42BrFN8O8/c1-27(53)47-36-23-30(43)24-46-38(36)40(56)45-13-19-59-20-18-52(42(58)60-26-28-7-3-2-4-8-28)25-37(54)50-14-16-51(17-15-50)41(57)33-21-29(11-12-34(33)44)22-35-31-9-5-6-10-32(31)39(55)49-48-35/h2-12,21,23-24H,13-20,22,25-26H2,1H3,(H,45,56)(H,47,53)(H,49,55). The van der Waals surface area contributed by atoms with E-state index in [4.69, 9.17) is 9.47 Å². The number of amides is 5. The summed E-state index contributed by atoms with van der Waals surface area (Å²) >= 11 is 3.27. The predicted octanol–water partition coefficient (Wildman–Crippen LogP) is 4.14. The first kappa shape index (κ1) is 43.1. The quantitative estimate of drug-likeness (QED) is 0.129. The van der Waals surface area contributed by atoms with Gasteiger partial charge in [-0.25, -0.2) is 19.3 Å². The van der Waals surface area contributed by atoms with Crippen molar-refractivity contribution in [3.63, 3.8) is 0 Å². The van der Waals surface area contributed by atoms with E-state index in [1.807, 2.05) is 18.2 Å². The highest BCUT2D eigenvalue weighted by Crippen LogP contribution is 2.21. The van der Waals surface area contributed by atoms with Crippen LogP contribution in [0.4, 0.5) is 14.9 Å². The molecule has 0 aliphatic carbocycles. The number of fused-ring (bicyclic) bond motifs is 1. The van der Waals surface area contributed by atoms with Crippen LogP contribution in [0.1, 0.15) is 44.6 Å². The highest BCUT2D eigenvalue weighted by atomic mass is 79.9. The van der Waals surface area contributed by atoms with Crippen molar-refractivity contribution < 1.29 is 37.8 Å². The van der Waals surface area contributed by atoms with E-state index in [0.29, 0.717) is 26.5 Å². The molecule has 0 radical (unpaired) electrons. The molecule has 0 bridgehead atoms. The number of hydrogen-bond donors (Lipinski definition) is 3. The molecule has 60 heavy (non-hydrogen) atoms. The number of benzene rings is 3. The molecular weight excluding hydrogens is 843 g/mol. The second-order valence-electron chi connectivity index (χ2n) is 13.8. The van der Waals surface area contributed by atoms with Crippen molar-refractivity contribution in [1.82, 2.24) is 35.2 Å². The molecule has 5 aromatic rings. The van der Waals surface area contributed by atoms with Crippen molar-refractivity contribution in [2.45, 2.75) is 20.0 Å². The number of hydrogen-bond acceptors (Lipinski definition) is 10. The van der Waals surface area contributed by atoms with Crippen molar-refractivity contribution in [3.8, 4) is 0 Å². The largest absolute Gasteiger partial charge is 0.445 e. The molecule has 3 N–H and O–H groups in total. The molecule has 1 aliphatic rings. The van der Waals surface area contributed by atoms with Crippen LogP contribution >= 0.6 is 15.9 Å². The highest BCUT2D eigenvalue weighted by Gasteiger charge is 2.29. The van der Waals surface area contributed by atoms with Gasteiger partial charge in [-0.2, -0.15) is 5.10 Å². The minimum Gasteiger partial charge on any atom is -0.445 e. The Morgan fingerprint density at radius 1 is 0.900 bits per heavy atom. The molecule has 1 aliphatic heterocycles. The van der Waals surface area contributed by atoms with Crippen LogP contribution in [0.3, 0.4) is 0 Å². The monoisotopic (exact) mass is 884 g/mol. The molecule has 0 unspecified atom stereocenters. The fourth-order valence-corrected chi connectivity index (χ4v) is 6.82. The Kier molecular flexibility index (Phi) is 14.7. The van der Waals surface area contributed by atoms with E-state index >= 15 is 4.39 Å². The number of ether oxygens (including phenoxy) is 2. The van der Waals surface area contributed by atoms with Crippen molar-refractivity contribution >= 4 is 62.1 Å². The van der Waals surface area contributed by atoms with Gasteiger partial charge in [-0.1, -0.05) is 54.6 Å². The zero-order chi connectivity index (χ0) is 42.6. The molecule has 0 saturated carbocycles. The minimum atomic E-state index is -0.731. The molecular formula is C42H42BrFN8O8. The van der Waals surface area contributed by atoms with E-state index in [2.05, 4.69) is 41.7 Å². The molecule has 2 aromatic heterocycles. The van der Waals surface area contributed by atoms with Crippen molar-refractivity contribution in [3.05, 3.63) is 134 Å². The van der Waals surface area contributed by atoms with Gasteiger partial charge in [0.05, 0.1) is 35.5 Å². The SMILES string of the molecule is CC(=O)Nc1cc(Br)cnc1C(=O)NCCOCCN(CC(=O)N1CCN(C(=O)c2cc(Cc3n[nH]c(=O)c4ccccc34)ccc2F)CC1)C(=O)OCc1ccccc1. The Balaban J connectivity index is 1.02. The smallest absolute Gasteiger partial charge is 0.410 e. The third-order valence-corrected chi connectivity index (χ3v) is 9.97. The average molecular weight is 886 g/mol. The van der Waals surface area contributed by atoms with E-state index in [0.717, 1.165) is 5.56 Å². The van der Waals surface area contributed by atoms with E-state index < -0.39 is 23.7 Å². The zero-order valence-electron chi connectivity index (χ0n) is 32.6. The van der Waals surface area contributed by atoms with Crippen LogP contribution in [0.5, 0.6) is 0 Å². The van der Waals surface area contributed by atoms with Gasteiger partial charge >= 0.3 is 6.09 Å². The molecule has 312 valence electrons. The van der Waals surface area contributed by atoms with E-state index in [-0.39, 0.29) is 106 Å². The molecule has 5 amide bonds. The highest BCUT2D eigenvalue weighted by molar-refractivity contribution is 9.10. The third-order valence-electron chi connectivity index (χ3n) is 9.53. The second kappa shape index (κ2) is 20.4. The number of H-pyrrole nitrogens is 1. The summed E-state index contributed by atoms with van der Waals surface area (Å²) in [5, 5.41) is 13.1. The number of aromatic amines is 1. The lowest BCUT2D eigenvalue weighted by Gasteiger charge is -2.36. The Bertz CT molecular complexity index is 2430. The van der Waals surface area contributed by atoms with Crippen LogP contribution in [0, 0.1) is 5.82 Å². The Hall–Kier alpha value is -6.53. The first-order chi connectivity index (χ1) is 29.0. The topological polar surface area (TPSA) is 196 Å². The summed E-state index contributed by atoms with van der Waals surface area (Å²) in [6.45, 7) is 1.71. The van der Waals surface area contributed by atoms with Crippen molar-refractivity contribution in [1.29, 1.82) is 0 Å². The first-order valence-electron chi connectivity index (χ1n) is 19.0. The summed E-state index contributed by atoms with van der Waals surface area (Å²) in [4.78, 5) is 85.3. The predicted molar refractivity (Wildman–Crippen MR) is 222 cm³/mol. The molecule has 1 saturated heterocycles. The molecule has 6 rings (SSSR count). The van der Waals surface area contributed by atoms with Gasteiger partial charge in [0, 0.05) is 68.7 Å². The summed E-state index contributed by atoms with van der Waals surface area (Å²) in [6.07, 6.45) is 0.951. The Morgan fingerprint density at radius 3 is 2.37 bits per heavy atom. The summed E-state index contributed by atoms with van der Waals surface area (Å²) in [5.41, 5.74) is 1.79. The number of piperazine rings is 1. The number of nitrogens with zero attached hydrogens (tertiary/aromatic N) is 5. The maximum Gasteiger partial charge on any atom is 0.410 e. The molecule has 18 heteroatoms. The Labute approximate surface area is 352 Å². The summed E-state index contributed by atoms with van der Waals surface area (Å²) in [5.74, 6) is -2.48. The number of rotatable bonds is 15. The van der Waals surface area contributed by atoms with Crippen LogP contribution in [0.15, 0.2) is 94.3 Å². The van der Waals surface area contributed by atoms with Gasteiger partial charge in [-0.3, -0.25) is 28.9 Å². The number of carbonyl (C=O) groups is 5. The number of carbonyl (C=O) groups excluding carboxylic acids is 5. The minimum absolute atomic E-state index is 0.00724. The number of anilines is 1.